The number of rotatable bonds is 7. The second-order valence-electron chi connectivity index (χ2n) is 7.31. The van der Waals surface area contributed by atoms with Crippen molar-refractivity contribution in [1.29, 1.82) is 5.26 Å². The summed E-state index contributed by atoms with van der Waals surface area (Å²) in [6.45, 7) is -0.450. The zero-order valence-corrected chi connectivity index (χ0v) is 17.3. The van der Waals surface area contributed by atoms with E-state index in [0.29, 0.717) is 11.1 Å². The Balaban J connectivity index is 1.64. The number of benzene rings is 2. The average molecular weight is 457 g/mol. The Bertz CT molecular complexity index is 1030. The van der Waals surface area contributed by atoms with Crippen LogP contribution < -0.4 is 4.74 Å². The number of aliphatic hydroxyl groups excluding tert-OH is 3. The molecule has 1 aliphatic rings. The van der Waals surface area contributed by atoms with Crippen LogP contribution in [0.5, 0.6) is 17.2 Å². The number of aliphatic hydroxyl groups is 3. The number of carbonyl (C=O) groups excluding carboxylic acids is 1. The highest BCUT2D eigenvalue weighted by Gasteiger charge is 2.45. The van der Waals surface area contributed by atoms with Gasteiger partial charge in [0, 0.05) is 17.7 Å². The topological polar surface area (TPSA) is 170 Å². The van der Waals surface area contributed by atoms with Gasteiger partial charge in [0.05, 0.1) is 12.5 Å². The van der Waals surface area contributed by atoms with Gasteiger partial charge in [0.2, 0.25) is 6.29 Å². The molecule has 0 spiro atoms. The lowest BCUT2D eigenvalue weighted by molar-refractivity contribution is -0.278. The fourth-order valence-corrected chi connectivity index (χ4v) is 3.12. The third kappa shape index (κ3) is 6.21. The Morgan fingerprint density at radius 1 is 1.03 bits per heavy atom. The lowest BCUT2D eigenvalue weighted by Gasteiger charge is -2.40. The van der Waals surface area contributed by atoms with Crippen molar-refractivity contribution in [2.45, 2.75) is 37.1 Å². The number of carbonyl (C=O) groups is 1. The first-order valence-electron chi connectivity index (χ1n) is 9.97. The molecule has 5 atom stereocenters. The molecule has 0 aromatic heterocycles. The van der Waals surface area contributed by atoms with Crippen molar-refractivity contribution in [3.63, 3.8) is 0 Å². The van der Waals surface area contributed by atoms with Crippen LogP contribution in [-0.4, -0.2) is 68.8 Å². The van der Waals surface area contributed by atoms with E-state index in [9.17, 15) is 30.3 Å². The van der Waals surface area contributed by atoms with Crippen molar-refractivity contribution in [3.05, 3.63) is 59.7 Å². The summed E-state index contributed by atoms with van der Waals surface area (Å²) in [5, 5.41) is 58.6. The molecule has 10 heteroatoms. The van der Waals surface area contributed by atoms with Crippen LogP contribution in [0.25, 0.3) is 6.08 Å². The van der Waals surface area contributed by atoms with Gasteiger partial charge in [0.1, 0.15) is 48.3 Å². The van der Waals surface area contributed by atoms with Crippen LogP contribution in [0.4, 0.5) is 0 Å². The molecule has 33 heavy (non-hydrogen) atoms. The monoisotopic (exact) mass is 457 g/mol. The molecule has 0 unspecified atom stereocenters. The maximum Gasteiger partial charge on any atom is 0.330 e. The van der Waals surface area contributed by atoms with Gasteiger partial charge in [-0.05, 0) is 29.8 Å². The Morgan fingerprint density at radius 3 is 2.42 bits per heavy atom. The summed E-state index contributed by atoms with van der Waals surface area (Å²) in [6, 6.07) is 12.1. The molecule has 0 bridgehead atoms. The number of hydrogen-bond donors (Lipinski definition) is 5. The summed E-state index contributed by atoms with van der Waals surface area (Å²) in [6.07, 6.45) is -5.04. The number of nitrogens with zero attached hydrogens (tertiary/aromatic N) is 1. The third-order valence-corrected chi connectivity index (χ3v) is 4.93. The van der Waals surface area contributed by atoms with Gasteiger partial charge in [0.15, 0.2) is 0 Å². The van der Waals surface area contributed by atoms with Gasteiger partial charge in [0.25, 0.3) is 0 Å². The lowest BCUT2D eigenvalue weighted by atomic mass is 9.99. The van der Waals surface area contributed by atoms with E-state index in [0.717, 1.165) is 6.08 Å². The van der Waals surface area contributed by atoms with Crippen LogP contribution in [0, 0.1) is 11.3 Å². The van der Waals surface area contributed by atoms with E-state index >= 15 is 0 Å². The zero-order chi connectivity index (χ0) is 24.0. The second-order valence-corrected chi connectivity index (χ2v) is 7.31. The largest absolute Gasteiger partial charge is 0.508 e. The highest BCUT2D eigenvalue weighted by atomic mass is 16.7. The van der Waals surface area contributed by atoms with Gasteiger partial charge in [-0.1, -0.05) is 18.2 Å². The summed E-state index contributed by atoms with van der Waals surface area (Å²) >= 11 is 0. The number of esters is 1. The Hall–Kier alpha value is -3.62. The maximum absolute atomic E-state index is 12.0. The van der Waals surface area contributed by atoms with Crippen molar-refractivity contribution < 1.29 is 44.5 Å². The molecular formula is C23H23NO9. The average Bonchev–Trinajstić information content (AvgIpc) is 2.80. The minimum absolute atomic E-state index is 0.0436. The van der Waals surface area contributed by atoms with Crippen LogP contribution in [0.1, 0.15) is 11.1 Å². The van der Waals surface area contributed by atoms with E-state index in [1.807, 2.05) is 6.07 Å². The summed E-state index contributed by atoms with van der Waals surface area (Å²) in [5.74, 6) is -0.761. The molecule has 174 valence electrons. The number of ether oxygens (including phenoxy) is 3. The number of nitriles is 1. The van der Waals surface area contributed by atoms with Gasteiger partial charge in [-0.2, -0.15) is 5.26 Å². The highest BCUT2D eigenvalue weighted by molar-refractivity contribution is 5.87. The molecule has 1 heterocycles. The Morgan fingerprint density at radius 2 is 1.73 bits per heavy atom. The van der Waals surface area contributed by atoms with E-state index in [2.05, 4.69) is 0 Å². The number of hydrogen-bond acceptors (Lipinski definition) is 10. The lowest BCUT2D eigenvalue weighted by Crippen LogP contribution is -2.60. The first-order valence-corrected chi connectivity index (χ1v) is 9.97. The van der Waals surface area contributed by atoms with E-state index in [1.54, 1.807) is 12.1 Å². The minimum atomic E-state index is -1.67. The number of phenolic OH excluding ortho intramolecular Hbond substituents is 2. The first kappa shape index (κ1) is 24.0. The molecule has 0 amide bonds. The molecule has 2 aromatic rings. The van der Waals surface area contributed by atoms with Crippen molar-refractivity contribution in [2.75, 3.05) is 6.61 Å². The standard InChI is InChI=1S/C23H23NO9/c24-10-9-14-4-7-16(26)11-17(14)32-23-22(30)21(29)20(28)18(33-23)12-31-19(27)8-3-13-1-5-15(25)6-2-13/h1-8,11,18,20-23,25-26,28-30H,9,12H2/b8-3+/t18-,20-,21+,22-,23-/m1/s1. The molecule has 1 aliphatic heterocycles. The molecule has 2 aromatic carbocycles. The highest BCUT2D eigenvalue weighted by Crippen LogP contribution is 2.29. The quantitative estimate of drug-likeness (QED) is 0.293. The van der Waals surface area contributed by atoms with Crippen molar-refractivity contribution in [2.24, 2.45) is 0 Å². The van der Waals surface area contributed by atoms with Crippen molar-refractivity contribution in [1.82, 2.24) is 0 Å². The van der Waals surface area contributed by atoms with E-state index in [-0.39, 0.29) is 23.7 Å². The van der Waals surface area contributed by atoms with Gasteiger partial charge in [-0.3, -0.25) is 0 Å². The normalized spacial score (nSPS) is 24.8. The zero-order valence-electron chi connectivity index (χ0n) is 17.3. The molecular weight excluding hydrogens is 434 g/mol. The molecule has 0 aliphatic carbocycles. The smallest absolute Gasteiger partial charge is 0.330 e. The molecule has 10 nitrogen and oxygen atoms in total. The summed E-state index contributed by atoms with van der Waals surface area (Å²) in [7, 11) is 0. The van der Waals surface area contributed by atoms with Gasteiger partial charge in [-0.25, -0.2) is 4.79 Å². The van der Waals surface area contributed by atoms with E-state index in [1.165, 1.54) is 36.4 Å². The maximum atomic E-state index is 12.0. The van der Waals surface area contributed by atoms with E-state index in [4.69, 9.17) is 19.5 Å². The fourth-order valence-electron chi connectivity index (χ4n) is 3.12. The molecule has 3 rings (SSSR count). The number of phenols is 2. The molecule has 5 N–H and O–H groups in total. The third-order valence-electron chi connectivity index (χ3n) is 4.93. The second kappa shape index (κ2) is 10.8. The van der Waals surface area contributed by atoms with Gasteiger partial charge < -0.3 is 39.7 Å². The molecule has 1 saturated heterocycles. The molecule has 0 radical (unpaired) electrons. The SMILES string of the molecule is N#CCc1ccc(O)cc1O[C@@H]1O[C@H](COC(=O)/C=C/c2ccc(O)cc2)[C@@H](O)[C@H](O)[C@H]1O. The predicted molar refractivity (Wildman–Crippen MR) is 113 cm³/mol. The van der Waals surface area contributed by atoms with Crippen molar-refractivity contribution in [3.8, 4) is 23.3 Å². The molecule has 1 fully saturated rings. The van der Waals surface area contributed by atoms with Gasteiger partial charge >= 0.3 is 5.97 Å². The van der Waals surface area contributed by atoms with Crippen LogP contribution >= 0.6 is 0 Å². The van der Waals surface area contributed by atoms with Crippen LogP contribution in [0.15, 0.2) is 48.5 Å². The van der Waals surface area contributed by atoms with Crippen molar-refractivity contribution >= 4 is 12.0 Å². The van der Waals surface area contributed by atoms with E-state index < -0.39 is 43.3 Å². The number of aromatic hydroxyl groups is 2. The Kier molecular flexibility index (Phi) is 7.87. The summed E-state index contributed by atoms with van der Waals surface area (Å²) in [4.78, 5) is 12.0. The van der Waals surface area contributed by atoms with Gasteiger partial charge in [-0.15, -0.1) is 0 Å². The summed E-state index contributed by atoms with van der Waals surface area (Å²) < 4.78 is 16.2. The summed E-state index contributed by atoms with van der Waals surface area (Å²) in [5.41, 5.74) is 1.05. The molecule has 0 saturated carbocycles. The van der Waals surface area contributed by atoms with Crippen LogP contribution in [0.3, 0.4) is 0 Å². The van der Waals surface area contributed by atoms with Crippen LogP contribution in [-0.2, 0) is 20.7 Å². The predicted octanol–water partition coefficient (Wildman–Crippen LogP) is 0.607. The first-order chi connectivity index (χ1) is 15.8. The fraction of sp³-hybridized carbons (Fsp3) is 0.304. The minimum Gasteiger partial charge on any atom is -0.508 e. The van der Waals surface area contributed by atoms with Crippen LogP contribution in [0.2, 0.25) is 0 Å². The Labute approximate surface area is 189 Å².